The van der Waals surface area contributed by atoms with Crippen LogP contribution in [0.25, 0.3) is 0 Å². The minimum Gasteiger partial charge on any atom is -0.251 e. The van der Waals surface area contributed by atoms with Gasteiger partial charge in [-0.1, -0.05) is 30.3 Å². The Morgan fingerprint density at radius 3 is 1.50 bits per heavy atom. The molecule has 0 fully saturated rings. The van der Waals surface area contributed by atoms with Crippen molar-refractivity contribution in [1.82, 2.24) is 4.98 Å². The molecule has 0 saturated heterocycles. The van der Waals surface area contributed by atoms with Crippen molar-refractivity contribution >= 4 is 22.8 Å². The van der Waals surface area contributed by atoms with Crippen LogP contribution in [-0.2, 0) is 0 Å². The number of hydrogen-bond donors (Lipinski definition) is 0. The molecule has 0 unspecified atom stereocenters. The zero-order valence-corrected chi connectivity index (χ0v) is 17.5. The van der Waals surface area contributed by atoms with Gasteiger partial charge < -0.3 is 0 Å². The van der Waals surface area contributed by atoms with Gasteiger partial charge in [0.25, 0.3) is 0 Å². The molecular formula is C25H27N3. The van der Waals surface area contributed by atoms with Crippen LogP contribution < -0.4 is 0 Å². The molecule has 1 aromatic heterocycles. The minimum absolute atomic E-state index is 0.869. The van der Waals surface area contributed by atoms with Crippen LogP contribution >= 0.6 is 0 Å². The van der Waals surface area contributed by atoms with Gasteiger partial charge in [0.05, 0.1) is 34.2 Å². The Labute approximate surface area is 167 Å². The van der Waals surface area contributed by atoms with E-state index in [9.17, 15) is 0 Å². The van der Waals surface area contributed by atoms with Gasteiger partial charge in [-0.3, -0.25) is 9.98 Å². The minimum atomic E-state index is 0.869. The van der Waals surface area contributed by atoms with Crippen molar-refractivity contribution in [2.45, 2.75) is 41.5 Å². The van der Waals surface area contributed by atoms with E-state index in [0.717, 1.165) is 45.3 Å². The standard InChI is InChI=1S/C25H27N3/c1-16-10-12-18(3)24(14-16)26-20(5)22-8-7-9-23(28-22)21(6)27-25-15-17(2)11-13-19(25)4/h7-15H,1-6H3/b26-20+,27-21+. The van der Waals surface area contributed by atoms with Gasteiger partial charge in [-0.25, -0.2) is 4.98 Å². The molecule has 28 heavy (non-hydrogen) atoms. The van der Waals surface area contributed by atoms with Gasteiger partial charge in [-0.05, 0) is 88.1 Å². The molecule has 142 valence electrons. The molecule has 3 aromatic rings. The third-order valence-corrected chi connectivity index (χ3v) is 4.80. The van der Waals surface area contributed by atoms with Crippen LogP contribution in [0.5, 0.6) is 0 Å². The second-order valence-electron chi connectivity index (χ2n) is 7.38. The molecule has 0 N–H and O–H groups in total. The molecular weight excluding hydrogens is 342 g/mol. The summed E-state index contributed by atoms with van der Waals surface area (Å²) >= 11 is 0. The lowest BCUT2D eigenvalue weighted by molar-refractivity contribution is 1.23. The highest BCUT2D eigenvalue weighted by molar-refractivity contribution is 6.02. The maximum Gasteiger partial charge on any atom is 0.0849 e. The van der Waals surface area contributed by atoms with Crippen molar-refractivity contribution in [3.63, 3.8) is 0 Å². The molecule has 3 rings (SSSR count). The summed E-state index contributed by atoms with van der Waals surface area (Å²) in [5, 5.41) is 0. The molecule has 0 amide bonds. The first-order chi connectivity index (χ1) is 13.3. The lowest BCUT2D eigenvalue weighted by atomic mass is 10.1. The van der Waals surface area contributed by atoms with Crippen LogP contribution in [0.2, 0.25) is 0 Å². The first-order valence-electron chi connectivity index (χ1n) is 9.56. The summed E-state index contributed by atoms with van der Waals surface area (Å²) in [4.78, 5) is 14.4. The quantitative estimate of drug-likeness (QED) is 0.478. The Balaban J connectivity index is 1.95. The van der Waals surface area contributed by atoms with E-state index in [2.05, 4.69) is 64.1 Å². The summed E-state index contributed by atoms with van der Waals surface area (Å²) in [6.07, 6.45) is 0. The van der Waals surface area contributed by atoms with Crippen molar-refractivity contribution in [3.05, 3.63) is 88.2 Å². The Kier molecular flexibility index (Phi) is 5.84. The molecule has 0 aliphatic rings. The van der Waals surface area contributed by atoms with E-state index in [4.69, 9.17) is 15.0 Å². The summed E-state index contributed by atoms with van der Waals surface area (Å²) in [5.41, 5.74) is 10.2. The summed E-state index contributed by atoms with van der Waals surface area (Å²) < 4.78 is 0. The Morgan fingerprint density at radius 1 is 0.643 bits per heavy atom. The monoisotopic (exact) mass is 369 g/mol. The predicted octanol–water partition coefficient (Wildman–Crippen LogP) is 6.60. The highest BCUT2D eigenvalue weighted by Crippen LogP contribution is 2.22. The van der Waals surface area contributed by atoms with Crippen LogP contribution in [0.15, 0.2) is 64.6 Å². The fourth-order valence-corrected chi connectivity index (χ4v) is 2.99. The average Bonchev–Trinajstić information content (AvgIpc) is 2.67. The number of nitrogens with zero attached hydrogens (tertiary/aromatic N) is 3. The number of hydrogen-bond acceptors (Lipinski definition) is 3. The molecule has 0 radical (unpaired) electrons. The molecule has 0 aliphatic carbocycles. The molecule has 2 aromatic carbocycles. The van der Waals surface area contributed by atoms with Crippen molar-refractivity contribution in [2.75, 3.05) is 0 Å². The lowest BCUT2D eigenvalue weighted by Crippen LogP contribution is -2.05. The number of pyridine rings is 1. The highest BCUT2D eigenvalue weighted by atomic mass is 14.8. The summed E-state index contributed by atoms with van der Waals surface area (Å²) in [5.74, 6) is 0. The second-order valence-corrected chi connectivity index (χ2v) is 7.38. The van der Waals surface area contributed by atoms with E-state index in [1.807, 2.05) is 32.0 Å². The Bertz CT molecular complexity index is 992. The first-order valence-corrected chi connectivity index (χ1v) is 9.56. The number of aromatic nitrogens is 1. The topological polar surface area (TPSA) is 37.6 Å². The van der Waals surface area contributed by atoms with Crippen molar-refractivity contribution in [3.8, 4) is 0 Å². The van der Waals surface area contributed by atoms with Gasteiger partial charge in [0.1, 0.15) is 0 Å². The molecule has 0 aliphatic heterocycles. The van der Waals surface area contributed by atoms with E-state index in [-0.39, 0.29) is 0 Å². The van der Waals surface area contributed by atoms with Gasteiger partial charge in [0.2, 0.25) is 0 Å². The molecule has 3 heteroatoms. The van der Waals surface area contributed by atoms with Crippen molar-refractivity contribution < 1.29 is 0 Å². The van der Waals surface area contributed by atoms with Gasteiger partial charge >= 0.3 is 0 Å². The van der Waals surface area contributed by atoms with Gasteiger partial charge in [0, 0.05) is 0 Å². The molecule has 0 spiro atoms. The van der Waals surface area contributed by atoms with Crippen LogP contribution in [0.3, 0.4) is 0 Å². The summed E-state index contributed by atoms with van der Waals surface area (Å²) in [7, 11) is 0. The molecule has 3 nitrogen and oxygen atoms in total. The van der Waals surface area contributed by atoms with Gasteiger partial charge in [-0.2, -0.15) is 0 Å². The summed E-state index contributed by atoms with van der Waals surface area (Å²) in [6, 6.07) is 18.6. The molecule has 0 atom stereocenters. The van der Waals surface area contributed by atoms with Gasteiger partial charge in [0.15, 0.2) is 0 Å². The van der Waals surface area contributed by atoms with Crippen LogP contribution in [-0.4, -0.2) is 16.4 Å². The average molecular weight is 370 g/mol. The van der Waals surface area contributed by atoms with Gasteiger partial charge in [-0.15, -0.1) is 0 Å². The lowest BCUT2D eigenvalue weighted by Gasteiger charge is -2.08. The molecule has 0 bridgehead atoms. The maximum atomic E-state index is 4.81. The normalized spacial score (nSPS) is 12.4. The number of aryl methyl sites for hydroxylation is 4. The first kappa shape index (κ1) is 19.7. The van der Waals surface area contributed by atoms with E-state index in [1.54, 1.807) is 0 Å². The maximum absolute atomic E-state index is 4.81. The van der Waals surface area contributed by atoms with Crippen LogP contribution in [0.4, 0.5) is 11.4 Å². The van der Waals surface area contributed by atoms with E-state index in [0.29, 0.717) is 0 Å². The number of rotatable bonds is 4. The number of aliphatic imine (C=N–C) groups is 2. The predicted molar refractivity (Wildman–Crippen MR) is 120 cm³/mol. The zero-order valence-electron chi connectivity index (χ0n) is 17.5. The fraction of sp³-hybridized carbons (Fsp3) is 0.240. The third kappa shape index (κ3) is 4.61. The van der Waals surface area contributed by atoms with Crippen LogP contribution in [0.1, 0.15) is 47.5 Å². The molecule has 1 heterocycles. The second kappa shape index (κ2) is 8.30. The molecule has 0 saturated carbocycles. The Morgan fingerprint density at radius 2 is 1.07 bits per heavy atom. The van der Waals surface area contributed by atoms with E-state index < -0.39 is 0 Å². The Hall–Kier alpha value is -3.07. The van der Waals surface area contributed by atoms with E-state index >= 15 is 0 Å². The summed E-state index contributed by atoms with van der Waals surface area (Å²) in [6.45, 7) is 12.3. The third-order valence-electron chi connectivity index (χ3n) is 4.80. The highest BCUT2D eigenvalue weighted by Gasteiger charge is 2.07. The smallest absolute Gasteiger partial charge is 0.0849 e. The van der Waals surface area contributed by atoms with E-state index in [1.165, 1.54) is 11.1 Å². The SMILES string of the molecule is C/C(=N\c1cc(C)ccc1C)c1cccc(/C(C)=N/c2cc(C)ccc2C)n1. The van der Waals surface area contributed by atoms with Crippen molar-refractivity contribution in [2.24, 2.45) is 9.98 Å². The zero-order chi connectivity index (χ0) is 20.3. The van der Waals surface area contributed by atoms with Crippen LogP contribution in [0, 0.1) is 27.7 Å². The van der Waals surface area contributed by atoms with Crippen molar-refractivity contribution in [1.29, 1.82) is 0 Å². The fourth-order valence-electron chi connectivity index (χ4n) is 2.99. The largest absolute Gasteiger partial charge is 0.251 e. The number of benzene rings is 2.